The molecule has 1 aromatic heterocycles. The SMILES string of the molecule is c1cnc2ccc(-c3ccc(-c4ccc5c6ccccc6c6ccccc6c5c4)c4ccccc34)cc2c1. The number of pyridine rings is 1. The monoisotopic (exact) mass is 481 g/mol. The summed E-state index contributed by atoms with van der Waals surface area (Å²) in [4.78, 5) is 4.50. The second-order valence-corrected chi connectivity index (χ2v) is 9.97. The summed E-state index contributed by atoms with van der Waals surface area (Å²) < 4.78 is 0. The van der Waals surface area contributed by atoms with E-state index in [1.807, 2.05) is 12.3 Å². The van der Waals surface area contributed by atoms with E-state index in [-0.39, 0.29) is 0 Å². The minimum absolute atomic E-state index is 1.02. The van der Waals surface area contributed by atoms with Crippen molar-refractivity contribution in [3.63, 3.8) is 0 Å². The van der Waals surface area contributed by atoms with Crippen LogP contribution >= 0.6 is 0 Å². The summed E-state index contributed by atoms with van der Waals surface area (Å²) in [5, 5.41) is 11.5. The van der Waals surface area contributed by atoms with Crippen LogP contribution in [-0.2, 0) is 0 Å². The van der Waals surface area contributed by atoms with Crippen LogP contribution in [0.1, 0.15) is 0 Å². The molecule has 176 valence electrons. The molecule has 0 amide bonds. The van der Waals surface area contributed by atoms with Crippen molar-refractivity contribution in [2.24, 2.45) is 0 Å². The topological polar surface area (TPSA) is 12.9 Å². The van der Waals surface area contributed by atoms with Gasteiger partial charge in [0.2, 0.25) is 0 Å². The lowest BCUT2D eigenvalue weighted by atomic mass is 9.89. The Morgan fingerprint density at radius 3 is 1.47 bits per heavy atom. The van der Waals surface area contributed by atoms with Crippen LogP contribution in [0.2, 0.25) is 0 Å². The third-order valence-electron chi connectivity index (χ3n) is 7.89. The molecule has 0 atom stereocenters. The van der Waals surface area contributed by atoms with Gasteiger partial charge in [0.05, 0.1) is 5.52 Å². The van der Waals surface area contributed by atoms with Gasteiger partial charge in [0.15, 0.2) is 0 Å². The quantitative estimate of drug-likeness (QED) is 0.224. The van der Waals surface area contributed by atoms with Gasteiger partial charge >= 0.3 is 0 Å². The Kier molecular flexibility index (Phi) is 4.59. The Morgan fingerprint density at radius 1 is 0.342 bits per heavy atom. The smallest absolute Gasteiger partial charge is 0.0702 e. The lowest BCUT2D eigenvalue weighted by Gasteiger charge is -2.15. The van der Waals surface area contributed by atoms with E-state index in [0.29, 0.717) is 0 Å². The Balaban J connectivity index is 1.38. The number of fused-ring (bicyclic) bond motifs is 8. The van der Waals surface area contributed by atoms with Gasteiger partial charge in [-0.2, -0.15) is 0 Å². The number of aromatic nitrogens is 1. The zero-order chi connectivity index (χ0) is 25.1. The van der Waals surface area contributed by atoms with E-state index in [2.05, 4.69) is 132 Å². The summed E-state index contributed by atoms with van der Waals surface area (Å²) in [6.45, 7) is 0. The molecule has 0 aliphatic heterocycles. The minimum Gasteiger partial charge on any atom is -0.256 e. The van der Waals surface area contributed by atoms with Crippen molar-refractivity contribution in [2.75, 3.05) is 0 Å². The molecule has 0 spiro atoms. The van der Waals surface area contributed by atoms with Gasteiger partial charge in [-0.1, -0.05) is 109 Å². The fourth-order valence-electron chi connectivity index (χ4n) is 6.12. The van der Waals surface area contributed by atoms with Crippen molar-refractivity contribution < 1.29 is 0 Å². The zero-order valence-corrected chi connectivity index (χ0v) is 20.7. The molecular weight excluding hydrogens is 458 g/mol. The lowest BCUT2D eigenvalue weighted by molar-refractivity contribution is 1.41. The molecule has 1 heteroatoms. The van der Waals surface area contributed by atoms with Gasteiger partial charge in [-0.05, 0) is 89.6 Å². The highest BCUT2D eigenvalue weighted by atomic mass is 14.6. The summed E-state index contributed by atoms with van der Waals surface area (Å²) >= 11 is 0. The van der Waals surface area contributed by atoms with E-state index < -0.39 is 0 Å². The largest absolute Gasteiger partial charge is 0.256 e. The lowest BCUT2D eigenvalue weighted by Crippen LogP contribution is -1.88. The summed E-state index contributed by atoms with van der Waals surface area (Å²) in [6, 6.07) is 48.5. The second-order valence-electron chi connectivity index (χ2n) is 9.97. The summed E-state index contributed by atoms with van der Waals surface area (Å²) in [7, 11) is 0. The van der Waals surface area contributed by atoms with Crippen molar-refractivity contribution in [1.29, 1.82) is 0 Å². The zero-order valence-electron chi connectivity index (χ0n) is 20.7. The highest BCUT2D eigenvalue weighted by Crippen LogP contribution is 2.40. The number of rotatable bonds is 2. The molecule has 1 heterocycles. The molecule has 8 aromatic rings. The van der Waals surface area contributed by atoms with Crippen LogP contribution in [-0.4, -0.2) is 4.98 Å². The molecule has 38 heavy (non-hydrogen) atoms. The molecule has 0 fully saturated rings. The molecule has 0 aliphatic carbocycles. The standard InChI is InChI=1S/C37H23N/c1-2-10-30-28(19-18-27(29(30)9-1)24-16-20-37-26(22-24)8-7-21-38-37)25-15-17-35-33-13-4-3-11-31(33)32-12-5-6-14-34(32)36(35)23-25/h1-23H. The van der Waals surface area contributed by atoms with Crippen LogP contribution in [0.15, 0.2) is 140 Å². The molecular formula is C37H23N. The molecule has 1 nitrogen and oxygen atoms in total. The number of hydrogen-bond acceptors (Lipinski definition) is 1. The minimum atomic E-state index is 1.02. The molecule has 0 aliphatic rings. The van der Waals surface area contributed by atoms with Crippen LogP contribution < -0.4 is 0 Å². The maximum Gasteiger partial charge on any atom is 0.0702 e. The summed E-state index contributed by atoms with van der Waals surface area (Å²) in [5.74, 6) is 0. The first-order valence-corrected chi connectivity index (χ1v) is 13.1. The van der Waals surface area contributed by atoms with Gasteiger partial charge in [-0.3, -0.25) is 4.98 Å². The first-order valence-electron chi connectivity index (χ1n) is 13.1. The predicted octanol–water partition coefficient (Wildman–Crippen LogP) is 10.2. The molecule has 0 saturated heterocycles. The second kappa shape index (κ2) is 8.26. The summed E-state index contributed by atoms with van der Waals surface area (Å²) in [5.41, 5.74) is 5.97. The van der Waals surface area contributed by atoms with Crippen molar-refractivity contribution in [2.45, 2.75) is 0 Å². The van der Waals surface area contributed by atoms with Crippen LogP contribution in [0.3, 0.4) is 0 Å². The van der Waals surface area contributed by atoms with Crippen LogP contribution in [0.4, 0.5) is 0 Å². The Bertz CT molecular complexity index is 2150. The maximum atomic E-state index is 4.50. The van der Waals surface area contributed by atoms with E-state index in [9.17, 15) is 0 Å². The van der Waals surface area contributed by atoms with Gasteiger partial charge in [0.1, 0.15) is 0 Å². The fraction of sp³-hybridized carbons (Fsp3) is 0. The maximum absolute atomic E-state index is 4.50. The van der Waals surface area contributed by atoms with Crippen LogP contribution in [0, 0.1) is 0 Å². The first-order chi connectivity index (χ1) is 18.8. The molecule has 0 bridgehead atoms. The van der Waals surface area contributed by atoms with E-state index in [0.717, 1.165) is 10.9 Å². The third-order valence-corrected chi connectivity index (χ3v) is 7.89. The number of benzene rings is 7. The van der Waals surface area contributed by atoms with E-state index in [1.54, 1.807) is 0 Å². The molecule has 8 rings (SSSR count). The predicted molar refractivity (Wildman–Crippen MR) is 163 cm³/mol. The van der Waals surface area contributed by atoms with Crippen molar-refractivity contribution in [3.8, 4) is 22.3 Å². The van der Waals surface area contributed by atoms with Crippen LogP contribution in [0.5, 0.6) is 0 Å². The van der Waals surface area contributed by atoms with Gasteiger partial charge in [-0.15, -0.1) is 0 Å². The fourth-order valence-corrected chi connectivity index (χ4v) is 6.12. The van der Waals surface area contributed by atoms with Gasteiger partial charge < -0.3 is 0 Å². The number of nitrogens with zero attached hydrogens (tertiary/aromatic N) is 1. The molecule has 7 aromatic carbocycles. The van der Waals surface area contributed by atoms with Gasteiger partial charge in [0, 0.05) is 11.6 Å². The van der Waals surface area contributed by atoms with E-state index >= 15 is 0 Å². The average Bonchev–Trinajstić information content (AvgIpc) is 3.00. The molecule has 0 saturated carbocycles. The van der Waals surface area contributed by atoms with Crippen molar-refractivity contribution in [1.82, 2.24) is 4.98 Å². The molecule has 0 unspecified atom stereocenters. The normalized spacial score (nSPS) is 11.7. The summed E-state index contributed by atoms with van der Waals surface area (Å²) in [6.07, 6.45) is 1.85. The van der Waals surface area contributed by atoms with Gasteiger partial charge in [-0.25, -0.2) is 0 Å². The Hall–Kier alpha value is -5.01. The van der Waals surface area contributed by atoms with Crippen LogP contribution in [0.25, 0.3) is 76.2 Å². The third kappa shape index (κ3) is 3.16. The highest BCUT2D eigenvalue weighted by molar-refractivity contribution is 6.26. The number of hydrogen-bond donors (Lipinski definition) is 0. The van der Waals surface area contributed by atoms with Crippen molar-refractivity contribution in [3.05, 3.63) is 140 Å². The highest BCUT2D eigenvalue weighted by Gasteiger charge is 2.13. The van der Waals surface area contributed by atoms with Crippen molar-refractivity contribution >= 4 is 54.0 Å². The molecule has 0 N–H and O–H groups in total. The van der Waals surface area contributed by atoms with E-state index in [1.165, 1.54) is 65.3 Å². The first kappa shape index (κ1) is 21.1. The Morgan fingerprint density at radius 2 is 0.842 bits per heavy atom. The Labute approximate surface area is 220 Å². The van der Waals surface area contributed by atoms with E-state index in [4.69, 9.17) is 0 Å². The van der Waals surface area contributed by atoms with Gasteiger partial charge in [0.25, 0.3) is 0 Å². The molecule has 0 radical (unpaired) electrons. The average molecular weight is 482 g/mol.